The molecule has 1 amide bonds. The average Bonchev–Trinajstić information content (AvgIpc) is 2.42. The maximum absolute atomic E-state index is 13.2. The van der Waals surface area contributed by atoms with Gasteiger partial charge in [-0.15, -0.1) is 12.4 Å². The Hall–Kier alpha value is -1.58. The average molecular weight is 361 g/mol. The minimum atomic E-state index is -4.55. The van der Waals surface area contributed by atoms with E-state index < -0.39 is 30.6 Å². The van der Waals surface area contributed by atoms with Crippen LogP contribution in [-0.2, 0) is 9.53 Å². The molecular weight excluding hydrogens is 344 g/mol. The van der Waals surface area contributed by atoms with Crippen LogP contribution in [0.15, 0.2) is 18.2 Å². The summed E-state index contributed by atoms with van der Waals surface area (Å²) < 4.78 is 59.1. The molecule has 5 nitrogen and oxygen atoms in total. The molecule has 0 bridgehead atoms. The largest absolute Gasteiger partial charge is 0.482 e. The molecule has 3 N–H and O–H groups in total. The highest BCUT2D eigenvalue weighted by Gasteiger charge is 2.29. The first-order valence-corrected chi connectivity index (χ1v) is 6.27. The van der Waals surface area contributed by atoms with Crippen LogP contribution in [0.3, 0.4) is 0 Å². The lowest BCUT2D eigenvalue weighted by molar-refractivity contribution is -0.153. The van der Waals surface area contributed by atoms with Gasteiger partial charge in [-0.1, -0.05) is 0 Å². The lowest BCUT2D eigenvalue weighted by Crippen LogP contribution is -2.28. The van der Waals surface area contributed by atoms with Crippen LogP contribution in [0.5, 0.6) is 5.75 Å². The number of nitrogens with one attached hydrogen (secondary N) is 1. The molecule has 1 aromatic carbocycles. The lowest BCUT2D eigenvalue weighted by atomic mass is 10.2. The molecule has 0 aliphatic heterocycles. The summed E-state index contributed by atoms with van der Waals surface area (Å²) >= 11 is 0. The van der Waals surface area contributed by atoms with E-state index in [2.05, 4.69) is 10.1 Å². The summed E-state index contributed by atoms with van der Waals surface area (Å²) in [6.07, 6.45) is -5.22. The quantitative estimate of drug-likeness (QED) is 0.733. The van der Waals surface area contributed by atoms with Crippen molar-refractivity contribution < 1.29 is 31.8 Å². The number of hydrogen-bond acceptors (Lipinski definition) is 4. The fourth-order valence-corrected chi connectivity index (χ4v) is 1.56. The van der Waals surface area contributed by atoms with Gasteiger partial charge >= 0.3 is 6.18 Å². The van der Waals surface area contributed by atoms with Gasteiger partial charge in [0.05, 0.1) is 18.2 Å². The molecule has 0 spiro atoms. The van der Waals surface area contributed by atoms with E-state index in [0.29, 0.717) is 0 Å². The molecule has 10 heteroatoms. The molecule has 0 aliphatic carbocycles. The van der Waals surface area contributed by atoms with Crippen molar-refractivity contribution in [3.05, 3.63) is 24.0 Å². The van der Waals surface area contributed by atoms with Crippen molar-refractivity contribution in [2.24, 2.45) is 5.73 Å². The molecule has 1 aromatic rings. The summed E-state index contributed by atoms with van der Waals surface area (Å²) in [5.74, 6) is -1.59. The predicted molar refractivity (Wildman–Crippen MR) is 78.3 cm³/mol. The number of carbonyl (C=O) groups is 1. The van der Waals surface area contributed by atoms with Gasteiger partial charge in [-0.3, -0.25) is 4.79 Å². The molecule has 0 aliphatic rings. The van der Waals surface area contributed by atoms with Crippen molar-refractivity contribution in [1.82, 2.24) is 0 Å². The zero-order valence-electron chi connectivity index (χ0n) is 12.2. The molecule has 23 heavy (non-hydrogen) atoms. The number of hydrogen-bond donors (Lipinski definition) is 2. The number of rotatable bonds is 7. The predicted octanol–water partition coefficient (Wildman–Crippen LogP) is 2.49. The minimum Gasteiger partial charge on any atom is -0.482 e. The molecular formula is C13H17ClF4N2O3. The smallest absolute Gasteiger partial charge is 0.422 e. The molecule has 1 rings (SSSR count). The number of methoxy groups -OCH3 is 1. The fraction of sp³-hybridized carbons (Fsp3) is 0.462. The van der Waals surface area contributed by atoms with Gasteiger partial charge in [0, 0.05) is 19.7 Å². The first-order chi connectivity index (χ1) is 10.2. The van der Waals surface area contributed by atoms with Gasteiger partial charge in [-0.2, -0.15) is 13.2 Å². The highest BCUT2D eigenvalue weighted by atomic mass is 35.5. The second kappa shape index (κ2) is 9.53. The summed E-state index contributed by atoms with van der Waals surface area (Å²) in [5, 5.41) is 2.28. The molecule has 0 radical (unpaired) electrons. The number of halogens is 5. The fourth-order valence-electron chi connectivity index (χ4n) is 1.56. The maximum atomic E-state index is 13.2. The summed E-state index contributed by atoms with van der Waals surface area (Å²) in [6.45, 7) is -1.46. The monoisotopic (exact) mass is 360 g/mol. The summed E-state index contributed by atoms with van der Waals surface area (Å²) in [4.78, 5) is 11.8. The second-order valence-electron chi connectivity index (χ2n) is 4.39. The van der Waals surface area contributed by atoms with Gasteiger partial charge < -0.3 is 20.5 Å². The molecule has 1 unspecified atom stereocenters. The number of anilines is 1. The van der Waals surface area contributed by atoms with E-state index >= 15 is 0 Å². The topological polar surface area (TPSA) is 73.6 Å². The number of ether oxygens (including phenoxy) is 2. The van der Waals surface area contributed by atoms with Crippen LogP contribution < -0.4 is 15.8 Å². The van der Waals surface area contributed by atoms with E-state index in [-0.39, 0.29) is 36.8 Å². The Morgan fingerprint density at radius 1 is 1.39 bits per heavy atom. The zero-order valence-corrected chi connectivity index (χ0v) is 13.0. The molecule has 0 saturated heterocycles. The third-order valence-corrected chi connectivity index (χ3v) is 2.62. The van der Waals surface area contributed by atoms with Crippen molar-refractivity contribution in [3.8, 4) is 5.75 Å². The highest BCUT2D eigenvalue weighted by molar-refractivity contribution is 5.92. The molecule has 0 heterocycles. The van der Waals surface area contributed by atoms with Crippen LogP contribution >= 0.6 is 12.4 Å². The normalized spacial score (nSPS) is 12.3. The minimum absolute atomic E-state index is 0. The Balaban J connectivity index is 0.00000484. The summed E-state index contributed by atoms with van der Waals surface area (Å²) in [7, 11) is 1.37. The van der Waals surface area contributed by atoms with E-state index in [1.54, 1.807) is 0 Å². The number of amides is 1. The van der Waals surface area contributed by atoms with Crippen LogP contribution in [0, 0.1) is 5.82 Å². The third kappa shape index (κ3) is 8.00. The van der Waals surface area contributed by atoms with Crippen LogP contribution in [0.25, 0.3) is 0 Å². The Labute approximate surface area is 136 Å². The van der Waals surface area contributed by atoms with Crippen LogP contribution in [-0.4, -0.2) is 38.4 Å². The van der Waals surface area contributed by atoms with Crippen molar-refractivity contribution in [3.63, 3.8) is 0 Å². The van der Waals surface area contributed by atoms with E-state index in [1.165, 1.54) is 7.11 Å². The Morgan fingerprint density at radius 3 is 2.57 bits per heavy atom. The second-order valence-corrected chi connectivity index (χ2v) is 4.39. The van der Waals surface area contributed by atoms with Crippen molar-refractivity contribution >= 4 is 24.0 Å². The first-order valence-electron chi connectivity index (χ1n) is 6.27. The van der Waals surface area contributed by atoms with Gasteiger partial charge in [0.15, 0.2) is 6.61 Å². The lowest BCUT2D eigenvalue weighted by Gasteiger charge is -2.16. The van der Waals surface area contributed by atoms with E-state index in [1.807, 2.05) is 0 Å². The summed E-state index contributed by atoms with van der Waals surface area (Å²) in [5.41, 5.74) is 5.17. The maximum Gasteiger partial charge on any atom is 0.422 e. The van der Waals surface area contributed by atoms with Gasteiger partial charge in [-0.05, 0) is 12.1 Å². The molecule has 0 fully saturated rings. The highest BCUT2D eigenvalue weighted by Crippen LogP contribution is 2.27. The van der Waals surface area contributed by atoms with Gasteiger partial charge in [0.1, 0.15) is 11.6 Å². The van der Waals surface area contributed by atoms with Crippen molar-refractivity contribution in [2.45, 2.75) is 18.7 Å². The van der Waals surface area contributed by atoms with Crippen LogP contribution in [0.2, 0.25) is 0 Å². The number of carbonyl (C=O) groups excluding carboxylic acids is 1. The van der Waals surface area contributed by atoms with Gasteiger partial charge in [0.25, 0.3) is 0 Å². The Bertz CT molecular complexity index is 510. The third-order valence-electron chi connectivity index (χ3n) is 2.62. The molecule has 1 atom stereocenters. The number of alkyl halides is 3. The van der Waals surface area contributed by atoms with Gasteiger partial charge in [0.2, 0.25) is 5.91 Å². The Kier molecular flexibility index (Phi) is 8.88. The van der Waals surface area contributed by atoms with Crippen LogP contribution in [0.1, 0.15) is 6.42 Å². The van der Waals surface area contributed by atoms with Crippen molar-refractivity contribution in [1.29, 1.82) is 0 Å². The van der Waals surface area contributed by atoms with E-state index in [9.17, 15) is 22.4 Å². The van der Waals surface area contributed by atoms with E-state index in [0.717, 1.165) is 18.2 Å². The van der Waals surface area contributed by atoms with E-state index in [4.69, 9.17) is 10.5 Å². The number of nitrogens with two attached hydrogens (primary N) is 1. The van der Waals surface area contributed by atoms with Gasteiger partial charge in [-0.25, -0.2) is 4.39 Å². The molecule has 0 aromatic heterocycles. The zero-order chi connectivity index (χ0) is 16.8. The number of benzene rings is 1. The first kappa shape index (κ1) is 21.4. The SMILES string of the molecule is COC(CN)CC(=O)Nc1cc(F)ccc1OCC(F)(F)F.Cl. The standard InChI is InChI=1S/C13H16F4N2O3.ClH/c1-21-9(6-18)5-12(20)19-10-4-8(14)2-3-11(10)22-7-13(15,16)17;/h2-4,9H,5-7,18H2,1H3,(H,19,20);1H. The van der Waals surface area contributed by atoms with Crippen LogP contribution in [0.4, 0.5) is 23.2 Å². The molecule has 0 saturated carbocycles. The Morgan fingerprint density at radius 2 is 2.04 bits per heavy atom. The summed E-state index contributed by atoms with van der Waals surface area (Å²) in [6, 6.07) is 2.81. The molecule has 132 valence electrons. The van der Waals surface area contributed by atoms with Crippen molar-refractivity contribution in [2.75, 3.05) is 25.6 Å².